The lowest BCUT2D eigenvalue weighted by Gasteiger charge is -2.28. The number of rotatable bonds is 3. The van der Waals surface area contributed by atoms with Crippen molar-refractivity contribution < 1.29 is 0 Å². The molecule has 0 aromatic carbocycles. The number of fused-ring (bicyclic) bond motifs is 1. The highest BCUT2D eigenvalue weighted by atomic mass is 32.1. The summed E-state index contributed by atoms with van der Waals surface area (Å²) >= 11 is 1.76. The second-order valence-corrected chi connectivity index (χ2v) is 7.22. The van der Waals surface area contributed by atoms with E-state index in [0.717, 1.165) is 28.9 Å². The average molecular weight is 287 g/mol. The molecule has 0 radical (unpaired) electrons. The lowest BCUT2D eigenvalue weighted by atomic mass is 9.96. The van der Waals surface area contributed by atoms with Crippen LogP contribution in [-0.4, -0.2) is 27.5 Å². The van der Waals surface area contributed by atoms with Crippen molar-refractivity contribution in [2.45, 2.75) is 51.1 Å². The Kier molecular flexibility index (Phi) is 3.44. The van der Waals surface area contributed by atoms with E-state index in [1.165, 1.54) is 50.1 Å². The van der Waals surface area contributed by atoms with Crippen LogP contribution < -0.4 is 0 Å². The minimum atomic E-state index is 0.817. The Bertz CT molecular complexity index is 555. The molecule has 1 saturated carbocycles. The third kappa shape index (κ3) is 2.35. The monoisotopic (exact) mass is 287 g/mol. The number of nitrogens with zero attached hydrogens (tertiary/aromatic N) is 3. The molecule has 1 aliphatic heterocycles. The van der Waals surface area contributed by atoms with Gasteiger partial charge in [0.1, 0.15) is 15.4 Å². The standard InChI is InChI=1S/C16H21N3S/c1-2-6-12(5-1)14-8-4-10-19(14)11-15-18-13-7-3-9-17-16(13)20-15/h3,7,9,12,14H,1-2,4-6,8,10-11H2. The summed E-state index contributed by atoms with van der Waals surface area (Å²) in [6.07, 6.45) is 10.4. The fourth-order valence-corrected chi connectivity index (χ4v) is 4.91. The number of pyridine rings is 1. The van der Waals surface area contributed by atoms with E-state index < -0.39 is 0 Å². The molecule has 3 heterocycles. The molecule has 20 heavy (non-hydrogen) atoms. The fourth-order valence-electron chi connectivity index (χ4n) is 3.98. The van der Waals surface area contributed by atoms with Gasteiger partial charge in [-0.05, 0) is 50.3 Å². The summed E-state index contributed by atoms with van der Waals surface area (Å²) < 4.78 is 0. The van der Waals surface area contributed by atoms with Crippen molar-refractivity contribution >= 4 is 21.7 Å². The summed E-state index contributed by atoms with van der Waals surface area (Å²) in [5, 5.41) is 1.24. The van der Waals surface area contributed by atoms with Crippen LogP contribution in [-0.2, 0) is 6.54 Å². The van der Waals surface area contributed by atoms with Crippen molar-refractivity contribution in [2.75, 3.05) is 6.54 Å². The van der Waals surface area contributed by atoms with Crippen molar-refractivity contribution in [1.82, 2.24) is 14.9 Å². The Hall–Kier alpha value is -1.00. The van der Waals surface area contributed by atoms with Crippen LogP contribution in [0.1, 0.15) is 43.5 Å². The number of hydrogen-bond acceptors (Lipinski definition) is 4. The molecule has 0 bridgehead atoms. The van der Waals surface area contributed by atoms with Crippen LogP contribution in [0.2, 0.25) is 0 Å². The molecule has 0 N–H and O–H groups in total. The van der Waals surface area contributed by atoms with Gasteiger partial charge in [0.15, 0.2) is 0 Å². The van der Waals surface area contributed by atoms with Crippen LogP contribution in [0.5, 0.6) is 0 Å². The molecule has 3 nitrogen and oxygen atoms in total. The molecule has 4 rings (SSSR count). The van der Waals surface area contributed by atoms with Crippen molar-refractivity contribution in [3.63, 3.8) is 0 Å². The van der Waals surface area contributed by atoms with Gasteiger partial charge in [-0.1, -0.05) is 24.2 Å². The van der Waals surface area contributed by atoms with Gasteiger partial charge in [0.2, 0.25) is 0 Å². The zero-order valence-corrected chi connectivity index (χ0v) is 12.6. The van der Waals surface area contributed by atoms with E-state index in [1.807, 2.05) is 12.3 Å². The van der Waals surface area contributed by atoms with E-state index in [0.29, 0.717) is 0 Å². The molecule has 2 aromatic rings. The predicted octanol–water partition coefficient (Wildman–Crippen LogP) is 3.85. The van der Waals surface area contributed by atoms with Gasteiger partial charge >= 0.3 is 0 Å². The van der Waals surface area contributed by atoms with Crippen LogP contribution in [0, 0.1) is 5.92 Å². The van der Waals surface area contributed by atoms with E-state index in [1.54, 1.807) is 11.3 Å². The Morgan fingerprint density at radius 2 is 2.10 bits per heavy atom. The molecule has 1 unspecified atom stereocenters. The smallest absolute Gasteiger partial charge is 0.143 e. The zero-order chi connectivity index (χ0) is 13.4. The van der Waals surface area contributed by atoms with Crippen LogP contribution in [0.3, 0.4) is 0 Å². The number of thiazole rings is 1. The van der Waals surface area contributed by atoms with Crippen molar-refractivity contribution in [2.24, 2.45) is 5.92 Å². The van der Waals surface area contributed by atoms with E-state index in [9.17, 15) is 0 Å². The Balaban J connectivity index is 1.52. The molecular weight excluding hydrogens is 266 g/mol. The lowest BCUT2D eigenvalue weighted by molar-refractivity contribution is 0.183. The maximum absolute atomic E-state index is 4.75. The molecule has 0 spiro atoms. The molecule has 2 aromatic heterocycles. The summed E-state index contributed by atoms with van der Waals surface area (Å²) in [4.78, 5) is 12.9. The first kappa shape index (κ1) is 12.7. The zero-order valence-electron chi connectivity index (χ0n) is 11.8. The van der Waals surface area contributed by atoms with Gasteiger partial charge in [-0.2, -0.15) is 0 Å². The van der Waals surface area contributed by atoms with Gasteiger partial charge in [-0.25, -0.2) is 9.97 Å². The number of likely N-dealkylation sites (tertiary alicyclic amines) is 1. The quantitative estimate of drug-likeness (QED) is 0.858. The van der Waals surface area contributed by atoms with Crippen molar-refractivity contribution in [3.05, 3.63) is 23.3 Å². The molecule has 0 amide bonds. The third-order valence-corrected chi connectivity index (χ3v) is 5.87. The van der Waals surface area contributed by atoms with Gasteiger partial charge in [0.05, 0.1) is 6.54 Å². The highest BCUT2D eigenvalue weighted by Crippen LogP contribution is 2.36. The molecule has 1 saturated heterocycles. The molecule has 2 aliphatic rings. The van der Waals surface area contributed by atoms with Gasteiger partial charge in [-0.3, -0.25) is 4.90 Å². The van der Waals surface area contributed by atoms with Gasteiger partial charge in [0, 0.05) is 12.2 Å². The maximum atomic E-state index is 4.75. The maximum Gasteiger partial charge on any atom is 0.143 e. The van der Waals surface area contributed by atoms with Crippen LogP contribution >= 0.6 is 11.3 Å². The van der Waals surface area contributed by atoms with Crippen LogP contribution in [0.15, 0.2) is 18.3 Å². The highest BCUT2D eigenvalue weighted by Gasteiger charge is 2.33. The summed E-state index contributed by atoms with van der Waals surface area (Å²) in [6.45, 7) is 2.28. The largest absolute Gasteiger partial charge is 0.293 e. The molecule has 2 fully saturated rings. The second-order valence-electron chi connectivity index (χ2n) is 6.16. The number of hydrogen-bond donors (Lipinski definition) is 0. The topological polar surface area (TPSA) is 29.0 Å². The Morgan fingerprint density at radius 1 is 1.20 bits per heavy atom. The Morgan fingerprint density at radius 3 is 2.95 bits per heavy atom. The van der Waals surface area contributed by atoms with E-state index >= 15 is 0 Å². The van der Waals surface area contributed by atoms with Crippen LogP contribution in [0.4, 0.5) is 0 Å². The molecular formula is C16H21N3S. The highest BCUT2D eigenvalue weighted by molar-refractivity contribution is 7.18. The molecule has 1 aliphatic carbocycles. The lowest BCUT2D eigenvalue weighted by Crippen LogP contribution is -2.34. The second kappa shape index (κ2) is 5.41. The van der Waals surface area contributed by atoms with E-state index in [2.05, 4.69) is 16.0 Å². The first-order chi connectivity index (χ1) is 9.90. The molecule has 1 atom stereocenters. The normalized spacial score (nSPS) is 24.9. The predicted molar refractivity (Wildman–Crippen MR) is 82.8 cm³/mol. The summed E-state index contributed by atoms with van der Waals surface area (Å²) in [5.41, 5.74) is 1.06. The summed E-state index contributed by atoms with van der Waals surface area (Å²) in [6, 6.07) is 4.86. The van der Waals surface area contributed by atoms with E-state index in [4.69, 9.17) is 4.98 Å². The van der Waals surface area contributed by atoms with Gasteiger partial charge in [0.25, 0.3) is 0 Å². The molecule has 4 heteroatoms. The number of aromatic nitrogens is 2. The first-order valence-electron chi connectivity index (χ1n) is 7.84. The van der Waals surface area contributed by atoms with Crippen molar-refractivity contribution in [3.8, 4) is 0 Å². The summed E-state index contributed by atoms with van der Waals surface area (Å²) in [5.74, 6) is 0.949. The molecule has 106 valence electrons. The van der Waals surface area contributed by atoms with Gasteiger partial charge in [-0.15, -0.1) is 0 Å². The summed E-state index contributed by atoms with van der Waals surface area (Å²) in [7, 11) is 0. The Labute approximate surface area is 124 Å². The van der Waals surface area contributed by atoms with E-state index in [-0.39, 0.29) is 0 Å². The van der Waals surface area contributed by atoms with Crippen LogP contribution in [0.25, 0.3) is 10.3 Å². The van der Waals surface area contributed by atoms with Crippen molar-refractivity contribution in [1.29, 1.82) is 0 Å². The van der Waals surface area contributed by atoms with Gasteiger partial charge < -0.3 is 0 Å². The SMILES string of the molecule is c1cnc2sc(CN3CCCC3C3CCCC3)nc2c1. The minimum Gasteiger partial charge on any atom is -0.293 e. The first-order valence-corrected chi connectivity index (χ1v) is 8.66. The minimum absolute atomic E-state index is 0.817. The third-order valence-electron chi connectivity index (χ3n) is 4.91. The fraction of sp³-hybridized carbons (Fsp3) is 0.625. The average Bonchev–Trinajstić information content (AvgIpc) is 3.18.